The quantitative estimate of drug-likeness (QED) is 0.571. The molecule has 3 heterocycles. The summed E-state index contributed by atoms with van der Waals surface area (Å²) in [6.45, 7) is 6.14. The number of hydrogen-bond acceptors (Lipinski definition) is 5. The number of rotatable bonds is 2. The minimum absolute atomic E-state index is 0.218. The summed E-state index contributed by atoms with van der Waals surface area (Å²) in [4.78, 5) is 17.7. The number of nitrogens with zero attached hydrogens (tertiary/aromatic N) is 4. The predicted octanol–water partition coefficient (Wildman–Crippen LogP) is 1.98. The Labute approximate surface area is 155 Å². The number of aromatic amines is 1. The molecule has 1 saturated heterocycles. The lowest BCUT2D eigenvalue weighted by Gasteiger charge is -2.30. The van der Waals surface area contributed by atoms with E-state index in [0.717, 1.165) is 48.3 Å². The van der Waals surface area contributed by atoms with Crippen LogP contribution in [0.1, 0.15) is 5.56 Å². The monoisotopic (exact) mass is 360 g/mol. The Morgan fingerprint density at radius 3 is 2.70 bits per heavy atom. The van der Waals surface area contributed by atoms with Crippen molar-refractivity contribution in [1.29, 1.82) is 0 Å². The summed E-state index contributed by atoms with van der Waals surface area (Å²) in [5.41, 5.74) is 5.00. The Kier molecular flexibility index (Phi) is 3.68. The van der Waals surface area contributed by atoms with Crippen molar-refractivity contribution in [1.82, 2.24) is 25.3 Å². The number of nitrogens with one attached hydrogen (secondary N) is 2. The van der Waals surface area contributed by atoms with Crippen LogP contribution in [-0.2, 0) is 0 Å². The first-order valence-electron chi connectivity index (χ1n) is 9.15. The third-order valence-corrected chi connectivity index (χ3v) is 5.20. The van der Waals surface area contributed by atoms with Crippen molar-refractivity contribution in [2.45, 2.75) is 6.92 Å². The highest BCUT2D eigenvalue weighted by molar-refractivity contribution is 6.02. The molecule has 136 valence electrons. The van der Waals surface area contributed by atoms with E-state index in [1.165, 1.54) is 11.3 Å². The Morgan fingerprint density at radius 1 is 1.07 bits per heavy atom. The summed E-state index contributed by atoms with van der Waals surface area (Å²) in [5.74, 6) is 0. The first-order chi connectivity index (χ1) is 13.2. The molecule has 1 fully saturated rings. The number of H-pyrrole nitrogens is 1. The van der Waals surface area contributed by atoms with Gasteiger partial charge in [-0.2, -0.15) is 0 Å². The summed E-state index contributed by atoms with van der Waals surface area (Å²) >= 11 is 0. The van der Waals surface area contributed by atoms with E-state index in [1.54, 1.807) is 4.68 Å². The molecule has 7 heteroatoms. The molecule has 0 radical (unpaired) electrons. The van der Waals surface area contributed by atoms with Gasteiger partial charge in [-0.3, -0.25) is 4.79 Å². The van der Waals surface area contributed by atoms with E-state index < -0.39 is 0 Å². The lowest BCUT2D eigenvalue weighted by Crippen LogP contribution is -2.43. The fraction of sp³-hybridized carbons (Fsp3) is 0.250. The molecule has 0 aliphatic carbocycles. The number of pyridine rings is 1. The molecule has 0 spiro atoms. The molecular weight excluding hydrogens is 340 g/mol. The van der Waals surface area contributed by atoms with Crippen molar-refractivity contribution >= 4 is 27.6 Å². The summed E-state index contributed by atoms with van der Waals surface area (Å²) < 4.78 is 1.77. The number of aryl methyl sites for hydroxylation is 1. The van der Waals surface area contributed by atoms with Crippen LogP contribution in [0.25, 0.3) is 27.6 Å². The Morgan fingerprint density at radius 2 is 1.89 bits per heavy atom. The molecular formula is C20H20N6O. The van der Waals surface area contributed by atoms with Gasteiger partial charge in [0.2, 0.25) is 0 Å². The summed E-state index contributed by atoms with van der Waals surface area (Å²) in [5, 5.41) is 12.7. The molecule has 0 unspecified atom stereocenters. The molecule has 5 rings (SSSR count). The van der Waals surface area contributed by atoms with Crippen LogP contribution in [0.3, 0.4) is 0 Å². The number of para-hydroxylation sites is 1. The second-order valence-electron chi connectivity index (χ2n) is 6.91. The fourth-order valence-electron chi connectivity index (χ4n) is 3.87. The Balaban J connectivity index is 1.68. The van der Waals surface area contributed by atoms with Crippen molar-refractivity contribution in [2.75, 3.05) is 31.1 Å². The third kappa shape index (κ3) is 2.59. The van der Waals surface area contributed by atoms with E-state index in [4.69, 9.17) is 0 Å². The minimum atomic E-state index is -0.218. The summed E-state index contributed by atoms with van der Waals surface area (Å²) in [6, 6.07) is 14.0. The summed E-state index contributed by atoms with van der Waals surface area (Å²) in [6.07, 6.45) is 0. The van der Waals surface area contributed by atoms with E-state index in [9.17, 15) is 4.79 Å². The zero-order valence-corrected chi connectivity index (χ0v) is 15.1. The maximum atomic E-state index is 12.4. The molecule has 2 N–H and O–H groups in total. The molecule has 1 aliphatic rings. The maximum absolute atomic E-state index is 12.4. The molecule has 0 saturated carbocycles. The van der Waals surface area contributed by atoms with Crippen LogP contribution < -0.4 is 15.8 Å². The Bertz CT molecular complexity index is 1200. The SMILES string of the molecule is Cc1cc(-n2nnc3c(=O)[nH]c4ccccc4c32)ccc1N1CCNCC1. The molecule has 0 atom stereocenters. The zero-order valence-electron chi connectivity index (χ0n) is 15.1. The highest BCUT2D eigenvalue weighted by atomic mass is 16.1. The van der Waals surface area contributed by atoms with E-state index in [1.807, 2.05) is 24.3 Å². The van der Waals surface area contributed by atoms with Crippen molar-refractivity contribution in [2.24, 2.45) is 0 Å². The van der Waals surface area contributed by atoms with Crippen LogP contribution in [0.15, 0.2) is 47.3 Å². The molecule has 7 nitrogen and oxygen atoms in total. The van der Waals surface area contributed by atoms with E-state index >= 15 is 0 Å². The lowest BCUT2D eigenvalue weighted by atomic mass is 10.1. The highest BCUT2D eigenvalue weighted by Crippen LogP contribution is 2.26. The standard InChI is InChI=1S/C20H20N6O/c1-13-12-14(6-7-17(13)25-10-8-21-9-11-25)26-19-15-4-2-3-5-16(15)22-20(27)18(19)23-24-26/h2-7,12,21H,8-11H2,1H3,(H,22,27). The summed E-state index contributed by atoms with van der Waals surface area (Å²) in [7, 11) is 0. The van der Waals surface area contributed by atoms with Gasteiger partial charge in [0.25, 0.3) is 5.56 Å². The number of hydrogen-bond donors (Lipinski definition) is 2. The van der Waals surface area contributed by atoms with Gasteiger partial charge >= 0.3 is 0 Å². The van der Waals surface area contributed by atoms with Crippen molar-refractivity contribution in [3.8, 4) is 5.69 Å². The van der Waals surface area contributed by atoms with Crippen molar-refractivity contribution in [3.05, 3.63) is 58.4 Å². The Hall–Kier alpha value is -3.19. The highest BCUT2D eigenvalue weighted by Gasteiger charge is 2.16. The molecule has 0 amide bonds. The third-order valence-electron chi connectivity index (χ3n) is 5.20. The van der Waals surface area contributed by atoms with Gasteiger partial charge in [-0.1, -0.05) is 23.4 Å². The molecule has 2 aromatic heterocycles. The number of aromatic nitrogens is 4. The average molecular weight is 360 g/mol. The van der Waals surface area contributed by atoms with Crippen LogP contribution in [0.2, 0.25) is 0 Å². The zero-order chi connectivity index (χ0) is 18.4. The van der Waals surface area contributed by atoms with Gasteiger partial charge in [-0.05, 0) is 36.8 Å². The van der Waals surface area contributed by atoms with E-state index in [-0.39, 0.29) is 5.56 Å². The topological polar surface area (TPSA) is 78.8 Å². The largest absolute Gasteiger partial charge is 0.369 e. The van der Waals surface area contributed by atoms with Gasteiger partial charge in [0.1, 0.15) is 5.52 Å². The first kappa shape index (κ1) is 16.0. The predicted molar refractivity (Wildman–Crippen MR) is 107 cm³/mol. The smallest absolute Gasteiger partial charge is 0.278 e. The first-order valence-corrected chi connectivity index (χ1v) is 9.15. The van der Waals surface area contributed by atoms with E-state index in [2.05, 4.69) is 50.6 Å². The van der Waals surface area contributed by atoms with Crippen LogP contribution in [0.4, 0.5) is 5.69 Å². The minimum Gasteiger partial charge on any atom is -0.369 e. The second-order valence-corrected chi connectivity index (χ2v) is 6.91. The van der Waals surface area contributed by atoms with Gasteiger partial charge in [0, 0.05) is 37.3 Å². The number of fused-ring (bicyclic) bond motifs is 3. The number of anilines is 1. The second kappa shape index (κ2) is 6.21. The van der Waals surface area contributed by atoms with Crippen LogP contribution in [0, 0.1) is 6.92 Å². The maximum Gasteiger partial charge on any atom is 0.278 e. The van der Waals surface area contributed by atoms with Gasteiger partial charge in [-0.25, -0.2) is 4.68 Å². The normalized spacial score (nSPS) is 14.9. The molecule has 0 bridgehead atoms. The molecule has 27 heavy (non-hydrogen) atoms. The van der Waals surface area contributed by atoms with Crippen LogP contribution in [0.5, 0.6) is 0 Å². The molecule has 2 aromatic carbocycles. The van der Waals surface area contributed by atoms with Gasteiger partial charge in [0.15, 0.2) is 5.52 Å². The van der Waals surface area contributed by atoms with Crippen molar-refractivity contribution in [3.63, 3.8) is 0 Å². The lowest BCUT2D eigenvalue weighted by molar-refractivity contribution is 0.588. The van der Waals surface area contributed by atoms with E-state index in [0.29, 0.717) is 5.52 Å². The average Bonchev–Trinajstić information content (AvgIpc) is 3.15. The van der Waals surface area contributed by atoms with Crippen molar-refractivity contribution < 1.29 is 0 Å². The van der Waals surface area contributed by atoms with Crippen LogP contribution in [-0.4, -0.2) is 46.2 Å². The van der Waals surface area contributed by atoms with Gasteiger partial charge in [0.05, 0.1) is 11.2 Å². The molecule has 4 aromatic rings. The molecule has 1 aliphatic heterocycles. The number of piperazine rings is 1. The van der Waals surface area contributed by atoms with Gasteiger partial charge < -0.3 is 15.2 Å². The van der Waals surface area contributed by atoms with Gasteiger partial charge in [-0.15, -0.1) is 5.10 Å². The fourth-order valence-corrected chi connectivity index (χ4v) is 3.87. The number of benzene rings is 2. The van der Waals surface area contributed by atoms with Crippen LogP contribution >= 0.6 is 0 Å².